The van der Waals surface area contributed by atoms with Crippen molar-refractivity contribution in [1.82, 2.24) is 0 Å². The zero-order valence-electron chi connectivity index (χ0n) is 9.30. The van der Waals surface area contributed by atoms with Crippen LogP contribution in [0.15, 0.2) is 60.7 Å². The molecule has 0 atom stereocenters. The minimum absolute atomic E-state index is 0. The number of hydrogen-bond donors (Lipinski definition) is 0. The Morgan fingerprint density at radius 3 is 1.50 bits per heavy atom. The second-order valence-electron chi connectivity index (χ2n) is 3.12. The fourth-order valence-electron chi connectivity index (χ4n) is 1.05. The maximum absolute atomic E-state index is 10.1. The van der Waals surface area contributed by atoms with Crippen molar-refractivity contribution in [3.8, 4) is 0 Å². The molecular formula is C14H14MgO. The topological polar surface area (TPSA) is 23.1 Å². The van der Waals surface area contributed by atoms with Gasteiger partial charge in [-0.05, 0) is 0 Å². The maximum atomic E-state index is 10.1. The molecule has 0 aliphatic carbocycles. The summed E-state index contributed by atoms with van der Waals surface area (Å²) in [7, 11) is 0. The molecule has 0 N–H and O–H groups in total. The predicted octanol–water partition coefficient (Wildman–Crippen LogP) is 2.03. The van der Waals surface area contributed by atoms with E-state index in [9.17, 15) is 5.11 Å². The van der Waals surface area contributed by atoms with Gasteiger partial charge in [-0.1, -0.05) is 42.0 Å². The van der Waals surface area contributed by atoms with Gasteiger partial charge >= 0.3 is 23.1 Å². The maximum Gasteiger partial charge on any atom is 2.00 e. The molecule has 0 unspecified atom stereocenters. The van der Waals surface area contributed by atoms with Crippen LogP contribution in [0.2, 0.25) is 0 Å². The summed E-state index contributed by atoms with van der Waals surface area (Å²) in [6.07, 6.45) is 0. The van der Waals surface area contributed by atoms with E-state index < -0.39 is 0 Å². The van der Waals surface area contributed by atoms with E-state index in [2.05, 4.69) is 6.92 Å². The molecule has 2 aromatic carbocycles. The Morgan fingerprint density at radius 1 is 0.812 bits per heavy atom. The molecule has 0 fully saturated rings. The fourth-order valence-corrected chi connectivity index (χ4v) is 1.05. The van der Waals surface area contributed by atoms with Gasteiger partial charge in [0.2, 0.25) is 0 Å². The molecule has 0 bridgehead atoms. The van der Waals surface area contributed by atoms with Crippen LogP contribution in [0.5, 0.6) is 0 Å². The summed E-state index contributed by atoms with van der Waals surface area (Å²) >= 11 is 0. The van der Waals surface area contributed by atoms with E-state index in [0.717, 1.165) is 11.1 Å². The van der Waals surface area contributed by atoms with Crippen molar-refractivity contribution in [1.29, 1.82) is 0 Å². The Morgan fingerprint density at radius 2 is 1.25 bits per heavy atom. The third-order valence-corrected chi connectivity index (χ3v) is 1.85. The second kappa shape index (κ2) is 9.28. The SMILES string of the molecule is [CH2-]c1ccccc1.[Mg+2].[O-]Cc1ccccc1. The van der Waals surface area contributed by atoms with Gasteiger partial charge in [-0.2, -0.15) is 24.6 Å². The van der Waals surface area contributed by atoms with Gasteiger partial charge in [0, 0.05) is 0 Å². The van der Waals surface area contributed by atoms with Crippen LogP contribution in [-0.2, 0) is 6.61 Å². The second-order valence-corrected chi connectivity index (χ2v) is 3.12. The van der Waals surface area contributed by atoms with Crippen LogP contribution in [0.25, 0.3) is 0 Å². The third kappa shape index (κ3) is 6.51. The van der Waals surface area contributed by atoms with Crippen molar-refractivity contribution in [2.75, 3.05) is 0 Å². The molecule has 1 nitrogen and oxygen atoms in total. The van der Waals surface area contributed by atoms with Crippen LogP contribution in [0.1, 0.15) is 11.1 Å². The zero-order valence-corrected chi connectivity index (χ0v) is 10.7. The van der Waals surface area contributed by atoms with Crippen molar-refractivity contribution >= 4 is 23.1 Å². The van der Waals surface area contributed by atoms with Gasteiger partial charge < -0.3 is 5.11 Å². The van der Waals surface area contributed by atoms with Gasteiger partial charge in [-0.3, -0.25) is 0 Å². The molecule has 0 aromatic heterocycles. The molecule has 0 saturated carbocycles. The van der Waals surface area contributed by atoms with E-state index in [1.54, 1.807) is 0 Å². The summed E-state index contributed by atoms with van der Waals surface area (Å²) in [5, 5.41) is 10.1. The molecule has 2 heteroatoms. The molecule has 0 saturated heterocycles. The summed E-state index contributed by atoms with van der Waals surface area (Å²) in [4.78, 5) is 0. The van der Waals surface area contributed by atoms with Gasteiger partial charge in [0.15, 0.2) is 0 Å². The normalized spacial score (nSPS) is 8.31. The Balaban J connectivity index is 0.000000267. The summed E-state index contributed by atoms with van der Waals surface area (Å²) in [5.74, 6) is 0. The first-order valence-corrected chi connectivity index (χ1v) is 4.82. The molecule has 0 heterocycles. The Labute approximate surface area is 113 Å². The molecule has 78 valence electrons. The van der Waals surface area contributed by atoms with Crippen molar-refractivity contribution in [3.63, 3.8) is 0 Å². The van der Waals surface area contributed by atoms with E-state index in [1.807, 2.05) is 60.7 Å². The molecular weight excluding hydrogens is 208 g/mol. The first-order chi connectivity index (χ1) is 7.33. The molecule has 16 heavy (non-hydrogen) atoms. The van der Waals surface area contributed by atoms with Gasteiger partial charge in [-0.25, -0.2) is 0 Å². The monoisotopic (exact) mass is 222 g/mol. The zero-order chi connectivity index (χ0) is 10.9. The quantitative estimate of drug-likeness (QED) is 0.535. The summed E-state index contributed by atoms with van der Waals surface area (Å²) in [6, 6.07) is 19.2. The molecule has 2 aromatic rings. The van der Waals surface area contributed by atoms with Gasteiger partial charge in [0.05, 0.1) is 0 Å². The number of hydrogen-bond acceptors (Lipinski definition) is 1. The van der Waals surface area contributed by atoms with Crippen LogP contribution in [0.3, 0.4) is 0 Å². The average molecular weight is 223 g/mol. The van der Waals surface area contributed by atoms with Crippen molar-refractivity contribution < 1.29 is 5.11 Å². The first kappa shape index (κ1) is 15.0. The van der Waals surface area contributed by atoms with E-state index in [1.165, 1.54) is 0 Å². The van der Waals surface area contributed by atoms with Crippen LogP contribution < -0.4 is 5.11 Å². The average Bonchev–Trinajstić information content (AvgIpc) is 2.32. The Hall–Kier alpha value is -0.964. The summed E-state index contributed by atoms with van der Waals surface area (Å²) < 4.78 is 0. The molecule has 0 aliphatic rings. The van der Waals surface area contributed by atoms with Crippen molar-refractivity contribution in [2.45, 2.75) is 6.61 Å². The number of rotatable bonds is 1. The molecule has 0 spiro atoms. The van der Waals surface area contributed by atoms with E-state index >= 15 is 0 Å². The van der Waals surface area contributed by atoms with Crippen molar-refractivity contribution in [2.24, 2.45) is 0 Å². The Kier molecular flexibility index (Phi) is 8.72. The standard InChI is InChI=1S/C7H7O.C7H7.Mg/c8-6-7-4-2-1-3-5-7;1-7-5-3-2-4-6-7;/h1-5H,6H2;2-6H,1H2;/q2*-1;+2. The number of benzene rings is 2. The smallest absolute Gasteiger partial charge is 0.851 e. The summed E-state index contributed by atoms with van der Waals surface area (Å²) in [6.45, 7) is 3.61. The Bertz CT molecular complexity index is 359. The van der Waals surface area contributed by atoms with E-state index in [0.29, 0.717) is 0 Å². The minimum atomic E-state index is -0.110. The predicted molar refractivity (Wildman–Crippen MR) is 66.8 cm³/mol. The van der Waals surface area contributed by atoms with E-state index in [4.69, 9.17) is 0 Å². The van der Waals surface area contributed by atoms with Crippen LogP contribution in [0.4, 0.5) is 0 Å². The largest absolute Gasteiger partial charge is 2.00 e. The summed E-state index contributed by atoms with van der Waals surface area (Å²) in [5.41, 5.74) is 1.93. The molecule has 0 radical (unpaired) electrons. The van der Waals surface area contributed by atoms with Gasteiger partial charge in [0.25, 0.3) is 0 Å². The van der Waals surface area contributed by atoms with E-state index in [-0.39, 0.29) is 29.7 Å². The van der Waals surface area contributed by atoms with Crippen LogP contribution >= 0.6 is 0 Å². The van der Waals surface area contributed by atoms with Gasteiger partial charge in [0.1, 0.15) is 0 Å². The van der Waals surface area contributed by atoms with Gasteiger partial charge in [-0.15, -0.1) is 18.7 Å². The van der Waals surface area contributed by atoms with Crippen LogP contribution in [0, 0.1) is 6.92 Å². The molecule has 0 aliphatic heterocycles. The third-order valence-electron chi connectivity index (χ3n) is 1.85. The fraction of sp³-hybridized carbons (Fsp3) is 0.0714. The van der Waals surface area contributed by atoms with Crippen molar-refractivity contribution in [3.05, 3.63) is 78.7 Å². The first-order valence-electron chi connectivity index (χ1n) is 4.82. The minimum Gasteiger partial charge on any atom is -0.851 e. The van der Waals surface area contributed by atoms with Crippen LogP contribution in [-0.4, -0.2) is 23.1 Å². The molecule has 0 amide bonds. The molecule has 2 rings (SSSR count).